The van der Waals surface area contributed by atoms with Gasteiger partial charge in [-0.3, -0.25) is 4.79 Å². The minimum Gasteiger partial charge on any atom is -0.395 e. The molecule has 0 aliphatic rings. The molecular formula is C9H13N3O2. The third kappa shape index (κ3) is 3.02. The van der Waals surface area contributed by atoms with E-state index in [-0.39, 0.29) is 13.0 Å². The highest BCUT2D eigenvalue weighted by atomic mass is 16.3. The van der Waals surface area contributed by atoms with Crippen LogP contribution in [-0.4, -0.2) is 29.1 Å². The van der Waals surface area contributed by atoms with Crippen LogP contribution in [0.25, 0.3) is 0 Å². The molecule has 0 aliphatic heterocycles. The van der Waals surface area contributed by atoms with Crippen molar-refractivity contribution in [3.8, 4) is 0 Å². The smallest absolute Gasteiger partial charge is 0.221 e. The molecule has 0 aromatic carbocycles. The second-order valence-corrected chi connectivity index (χ2v) is 2.80. The Balaban J connectivity index is 2.74. The van der Waals surface area contributed by atoms with Crippen LogP contribution in [0.3, 0.4) is 0 Å². The number of nitrogens with two attached hydrogens (primary N) is 1. The van der Waals surface area contributed by atoms with Gasteiger partial charge in [0.05, 0.1) is 13.0 Å². The van der Waals surface area contributed by atoms with Crippen molar-refractivity contribution in [2.75, 3.05) is 18.5 Å². The average Bonchev–Trinajstić information content (AvgIpc) is 2.16. The maximum Gasteiger partial charge on any atom is 0.221 e. The highest BCUT2D eigenvalue weighted by Crippen LogP contribution is 2.11. The van der Waals surface area contributed by atoms with Gasteiger partial charge >= 0.3 is 0 Å². The molecule has 0 saturated carbocycles. The van der Waals surface area contributed by atoms with E-state index in [2.05, 4.69) is 10.3 Å². The monoisotopic (exact) mass is 195 g/mol. The summed E-state index contributed by atoms with van der Waals surface area (Å²) in [6, 6.07) is 3.51. The molecule has 1 amide bonds. The van der Waals surface area contributed by atoms with Crippen molar-refractivity contribution >= 4 is 11.7 Å². The fourth-order valence-corrected chi connectivity index (χ4v) is 1.10. The molecule has 14 heavy (non-hydrogen) atoms. The summed E-state index contributed by atoms with van der Waals surface area (Å²) >= 11 is 0. The first-order valence-corrected chi connectivity index (χ1v) is 4.31. The molecule has 1 aromatic heterocycles. The number of nitrogens with one attached hydrogen (secondary N) is 1. The van der Waals surface area contributed by atoms with Gasteiger partial charge in [-0.05, 0) is 6.07 Å². The SMILES string of the molecule is NC(=O)Cc1cccnc1NCCO. The van der Waals surface area contributed by atoms with E-state index in [0.29, 0.717) is 12.4 Å². The van der Waals surface area contributed by atoms with Crippen molar-refractivity contribution in [2.45, 2.75) is 6.42 Å². The van der Waals surface area contributed by atoms with Gasteiger partial charge in [-0.2, -0.15) is 0 Å². The maximum absolute atomic E-state index is 10.7. The lowest BCUT2D eigenvalue weighted by Gasteiger charge is -2.07. The summed E-state index contributed by atoms with van der Waals surface area (Å²) in [4.78, 5) is 14.8. The van der Waals surface area contributed by atoms with Gasteiger partial charge in [0.2, 0.25) is 5.91 Å². The summed E-state index contributed by atoms with van der Waals surface area (Å²) in [5.41, 5.74) is 5.82. The highest BCUT2D eigenvalue weighted by molar-refractivity contribution is 5.78. The standard InChI is InChI=1S/C9H13N3O2/c10-8(14)6-7-2-1-3-11-9(7)12-4-5-13/h1-3,13H,4-6H2,(H2,10,14)(H,11,12). The molecule has 0 spiro atoms. The minimum absolute atomic E-state index is 0.0204. The number of rotatable bonds is 5. The number of hydrogen-bond acceptors (Lipinski definition) is 4. The van der Waals surface area contributed by atoms with Crippen molar-refractivity contribution in [3.05, 3.63) is 23.9 Å². The largest absolute Gasteiger partial charge is 0.395 e. The minimum atomic E-state index is -0.398. The Kier molecular flexibility index (Phi) is 3.87. The van der Waals surface area contributed by atoms with Gasteiger partial charge in [0.15, 0.2) is 0 Å². The van der Waals surface area contributed by atoms with Crippen LogP contribution in [0.2, 0.25) is 0 Å². The number of aliphatic hydroxyl groups excluding tert-OH is 1. The van der Waals surface area contributed by atoms with Crippen LogP contribution in [0.1, 0.15) is 5.56 Å². The van der Waals surface area contributed by atoms with Gasteiger partial charge in [0, 0.05) is 18.3 Å². The normalized spacial score (nSPS) is 9.79. The van der Waals surface area contributed by atoms with E-state index >= 15 is 0 Å². The van der Waals surface area contributed by atoms with Crippen LogP contribution in [0.4, 0.5) is 5.82 Å². The fraction of sp³-hybridized carbons (Fsp3) is 0.333. The zero-order chi connectivity index (χ0) is 10.4. The van der Waals surface area contributed by atoms with Gasteiger partial charge in [0.25, 0.3) is 0 Å². The van der Waals surface area contributed by atoms with Gasteiger partial charge in [-0.1, -0.05) is 6.07 Å². The molecule has 0 saturated heterocycles. The Morgan fingerprint density at radius 1 is 1.64 bits per heavy atom. The first kappa shape index (κ1) is 10.5. The number of carbonyl (C=O) groups is 1. The first-order valence-electron chi connectivity index (χ1n) is 4.31. The molecule has 1 rings (SSSR count). The number of aromatic nitrogens is 1. The van der Waals surface area contributed by atoms with E-state index in [0.717, 1.165) is 5.56 Å². The maximum atomic E-state index is 10.7. The summed E-state index contributed by atoms with van der Waals surface area (Å²) in [6.07, 6.45) is 1.77. The van der Waals surface area contributed by atoms with Crippen molar-refractivity contribution < 1.29 is 9.90 Å². The third-order valence-corrected chi connectivity index (χ3v) is 1.66. The lowest BCUT2D eigenvalue weighted by atomic mass is 10.2. The number of primary amides is 1. The number of carbonyl (C=O) groups excluding carboxylic acids is 1. The molecule has 0 fully saturated rings. The topological polar surface area (TPSA) is 88.2 Å². The van der Waals surface area contributed by atoms with Gasteiger partial charge in [-0.15, -0.1) is 0 Å². The van der Waals surface area contributed by atoms with Crippen LogP contribution in [0.15, 0.2) is 18.3 Å². The Morgan fingerprint density at radius 3 is 3.07 bits per heavy atom. The van der Waals surface area contributed by atoms with E-state index in [1.54, 1.807) is 18.3 Å². The summed E-state index contributed by atoms with van der Waals surface area (Å²) in [6.45, 7) is 0.426. The number of pyridine rings is 1. The average molecular weight is 195 g/mol. The zero-order valence-corrected chi connectivity index (χ0v) is 7.73. The summed E-state index contributed by atoms with van der Waals surface area (Å²) in [7, 11) is 0. The molecule has 76 valence electrons. The van der Waals surface area contributed by atoms with Gasteiger partial charge in [-0.25, -0.2) is 4.98 Å². The zero-order valence-electron chi connectivity index (χ0n) is 7.73. The van der Waals surface area contributed by atoms with E-state index in [1.165, 1.54) is 0 Å². The number of aliphatic hydroxyl groups is 1. The molecule has 4 N–H and O–H groups in total. The summed E-state index contributed by atoms with van der Waals surface area (Å²) < 4.78 is 0. The Bertz CT molecular complexity index is 315. The van der Waals surface area contributed by atoms with Crippen molar-refractivity contribution in [1.29, 1.82) is 0 Å². The number of hydrogen-bond donors (Lipinski definition) is 3. The number of nitrogens with zero attached hydrogens (tertiary/aromatic N) is 1. The summed E-state index contributed by atoms with van der Waals surface area (Å²) in [5, 5.41) is 11.5. The van der Waals surface area contributed by atoms with Crippen molar-refractivity contribution in [3.63, 3.8) is 0 Å². The molecule has 0 radical (unpaired) electrons. The van der Waals surface area contributed by atoms with E-state index in [9.17, 15) is 4.79 Å². The molecule has 0 bridgehead atoms. The van der Waals surface area contributed by atoms with Gasteiger partial charge < -0.3 is 16.2 Å². The van der Waals surface area contributed by atoms with Crippen LogP contribution in [0.5, 0.6) is 0 Å². The predicted octanol–water partition coefficient (Wildman–Crippen LogP) is -0.486. The summed E-state index contributed by atoms with van der Waals surface area (Å²) in [5.74, 6) is 0.199. The molecule has 5 heteroatoms. The van der Waals surface area contributed by atoms with Crippen molar-refractivity contribution in [1.82, 2.24) is 4.98 Å². The van der Waals surface area contributed by atoms with E-state index in [1.807, 2.05) is 0 Å². The van der Waals surface area contributed by atoms with Crippen LogP contribution in [-0.2, 0) is 11.2 Å². The fourth-order valence-electron chi connectivity index (χ4n) is 1.10. The molecule has 1 heterocycles. The Morgan fingerprint density at radius 2 is 2.43 bits per heavy atom. The first-order chi connectivity index (χ1) is 6.74. The molecule has 0 atom stereocenters. The second kappa shape index (κ2) is 5.18. The van der Waals surface area contributed by atoms with Gasteiger partial charge in [0.1, 0.15) is 5.82 Å². The lowest BCUT2D eigenvalue weighted by molar-refractivity contribution is -0.117. The van der Waals surface area contributed by atoms with Crippen molar-refractivity contribution in [2.24, 2.45) is 5.73 Å². The third-order valence-electron chi connectivity index (χ3n) is 1.66. The Hall–Kier alpha value is -1.62. The predicted molar refractivity (Wildman–Crippen MR) is 52.7 cm³/mol. The lowest BCUT2D eigenvalue weighted by Crippen LogP contribution is -2.16. The number of amides is 1. The number of anilines is 1. The van der Waals surface area contributed by atoms with E-state index < -0.39 is 5.91 Å². The molecule has 0 unspecified atom stereocenters. The Labute approximate surface area is 82.0 Å². The van der Waals surface area contributed by atoms with E-state index in [4.69, 9.17) is 10.8 Å². The highest BCUT2D eigenvalue weighted by Gasteiger charge is 2.04. The molecule has 1 aromatic rings. The van der Waals surface area contributed by atoms with Crippen LogP contribution in [0, 0.1) is 0 Å². The molecular weight excluding hydrogens is 182 g/mol. The molecule has 5 nitrogen and oxygen atoms in total. The van der Waals surface area contributed by atoms with Crippen LogP contribution < -0.4 is 11.1 Å². The second-order valence-electron chi connectivity index (χ2n) is 2.80. The molecule has 0 aliphatic carbocycles. The van der Waals surface area contributed by atoms with Crippen LogP contribution >= 0.6 is 0 Å². The quantitative estimate of drug-likeness (QED) is 0.591.